The van der Waals surface area contributed by atoms with Crippen LogP contribution in [-0.2, 0) is 13.8 Å². The molecular formula is C13H16ClNO4S. The number of rotatable bonds is 3. The Labute approximate surface area is 122 Å². The van der Waals surface area contributed by atoms with Gasteiger partial charge in [0, 0.05) is 30.7 Å². The minimum atomic E-state index is -3.78. The molecule has 1 atom stereocenters. The molecule has 5 nitrogen and oxygen atoms in total. The molecule has 0 spiro atoms. The van der Waals surface area contributed by atoms with Crippen molar-refractivity contribution in [3.63, 3.8) is 0 Å². The summed E-state index contributed by atoms with van der Waals surface area (Å²) in [4.78, 5) is 13.5. The Morgan fingerprint density at radius 2 is 1.95 bits per heavy atom. The van der Waals surface area contributed by atoms with Gasteiger partial charge in [0.2, 0.25) is 0 Å². The molecule has 0 aliphatic carbocycles. The molecule has 0 N–H and O–H groups in total. The van der Waals surface area contributed by atoms with Crippen LogP contribution in [0.15, 0.2) is 17.0 Å². The molecule has 1 aromatic rings. The van der Waals surface area contributed by atoms with Crippen molar-refractivity contribution in [2.75, 3.05) is 13.6 Å². The van der Waals surface area contributed by atoms with E-state index < -0.39 is 15.2 Å². The van der Waals surface area contributed by atoms with E-state index in [1.807, 2.05) is 0 Å². The summed E-state index contributed by atoms with van der Waals surface area (Å²) in [6.07, 6.45) is 0.125. The second kappa shape index (κ2) is 5.26. The van der Waals surface area contributed by atoms with Crippen LogP contribution in [0, 0.1) is 13.8 Å². The van der Waals surface area contributed by atoms with Gasteiger partial charge in [0.05, 0.1) is 4.90 Å². The molecule has 1 aliphatic rings. The standard InChI is InChI=1S/C13H16ClNO4S/c1-8-7-12(20(14,17)18)9(2)6-11(8)19-10-4-5-15(3)13(10)16/h6-7,10H,4-5H2,1-3H3. The Morgan fingerprint density at radius 3 is 2.45 bits per heavy atom. The Hall–Kier alpha value is -1.27. The number of halogens is 1. The Kier molecular flexibility index (Phi) is 3.97. The number of carbonyl (C=O) groups is 1. The van der Waals surface area contributed by atoms with Gasteiger partial charge in [-0.05, 0) is 37.1 Å². The van der Waals surface area contributed by atoms with Crippen molar-refractivity contribution in [3.8, 4) is 5.75 Å². The first-order chi connectivity index (χ1) is 9.20. The average Bonchev–Trinajstić information content (AvgIpc) is 2.64. The van der Waals surface area contributed by atoms with Crippen LogP contribution in [0.1, 0.15) is 17.5 Å². The molecule has 0 saturated carbocycles. The number of amides is 1. The molecule has 1 saturated heterocycles. The molecule has 1 fully saturated rings. The molecule has 0 radical (unpaired) electrons. The van der Waals surface area contributed by atoms with E-state index in [0.717, 1.165) is 0 Å². The highest BCUT2D eigenvalue weighted by atomic mass is 35.7. The van der Waals surface area contributed by atoms with Crippen LogP contribution in [0.2, 0.25) is 0 Å². The number of benzene rings is 1. The first-order valence-corrected chi connectivity index (χ1v) is 8.48. The maximum atomic E-state index is 11.8. The minimum Gasteiger partial charge on any atom is -0.480 e. The van der Waals surface area contributed by atoms with E-state index in [0.29, 0.717) is 29.8 Å². The molecule has 20 heavy (non-hydrogen) atoms. The lowest BCUT2D eigenvalue weighted by Crippen LogP contribution is -2.29. The number of carbonyl (C=O) groups excluding carboxylic acids is 1. The zero-order valence-corrected chi connectivity index (χ0v) is 13.1. The number of hydrogen-bond acceptors (Lipinski definition) is 4. The summed E-state index contributed by atoms with van der Waals surface area (Å²) >= 11 is 0. The predicted octanol–water partition coefficient (Wildman–Crippen LogP) is 1.84. The van der Waals surface area contributed by atoms with Crippen LogP contribution < -0.4 is 4.74 Å². The third kappa shape index (κ3) is 2.91. The molecule has 0 bridgehead atoms. The highest BCUT2D eigenvalue weighted by molar-refractivity contribution is 8.13. The Morgan fingerprint density at radius 1 is 1.30 bits per heavy atom. The van der Waals surface area contributed by atoms with Gasteiger partial charge in [0.1, 0.15) is 5.75 Å². The normalized spacial score (nSPS) is 19.5. The molecular weight excluding hydrogens is 302 g/mol. The first kappa shape index (κ1) is 15.1. The Bertz CT molecular complexity index is 657. The fraction of sp³-hybridized carbons (Fsp3) is 0.462. The van der Waals surface area contributed by atoms with Crippen LogP contribution in [0.4, 0.5) is 0 Å². The summed E-state index contributed by atoms with van der Waals surface area (Å²) in [5, 5.41) is 0. The summed E-state index contributed by atoms with van der Waals surface area (Å²) < 4.78 is 28.5. The number of aryl methyl sites for hydroxylation is 2. The van der Waals surface area contributed by atoms with Gasteiger partial charge in [0.15, 0.2) is 6.10 Å². The molecule has 1 unspecified atom stereocenters. The van der Waals surface area contributed by atoms with Gasteiger partial charge in [-0.2, -0.15) is 0 Å². The summed E-state index contributed by atoms with van der Waals surface area (Å²) in [7, 11) is 3.32. The van der Waals surface area contributed by atoms with Crippen molar-refractivity contribution in [3.05, 3.63) is 23.3 Å². The predicted molar refractivity (Wildman–Crippen MR) is 75.6 cm³/mol. The largest absolute Gasteiger partial charge is 0.480 e. The fourth-order valence-electron chi connectivity index (χ4n) is 2.21. The number of likely N-dealkylation sites (N-methyl/N-ethyl adjacent to an activating group) is 1. The quantitative estimate of drug-likeness (QED) is 0.798. The fourth-order valence-corrected chi connectivity index (χ4v) is 3.47. The lowest BCUT2D eigenvalue weighted by molar-refractivity contribution is -0.132. The van der Waals surface area contributed by atoms with Crippen LogP contribution in [0.3, 0.4) is 0 Å². The van der Waals surface area contributed by atoms with Crippen LogP contribution >= 0.6 is 10.7 Å². The topological polar surface area (TPSA) is 63.7 Å². The van der Waals surface area contributed by atoms with Gasteiger partial charge < -0.3 is 9.64 Å². The van der Waals surface area contributed by atoms with Crippen molar-refractivity contribution in [2.45, 2.75) is 31.3 Å². The van der Waals surface area contributed by atoms with Crippen molar-refractivity contribution >= 4 is 25.6 Å². The van der Waals surface area contributed by atoms with Crippen molar-refractivity contribution < 1.29 is 17.9 Å². The van der Waals surface area contributed by atoms with E-state index in [2.05, 4.69) is 0 Å². The SMILES string of the molecule is Cc1cc(S(=O)(=O)Cl)c(C)cc1OC1CCN(C)C1=O. The number of hydrogen-bond donors (Lipinski definition) is 0. The van der Waals surface area contributed by atoms with Gasteiger partial charge in [-0.15, -0.1) is 0 Å². The second-order valence-corrected chi connectivity index (χ2v) is 7.51. The van der Waals surface area contributed by atoms with E-state index >= 15 is 0 Å². The Balaban J connectivity index is 2.31. The van der Waals surface area contributed by atoms with Crippen molar-refractivity contribution in [1.29, 1.82) is 0 Å². The lowest BCUT2D eigenvalue weighted by Gasteiger charge is -2.16. The maximum absolute atomic E-state index is 11.8. The highest BCUT2D eigenvalue weighted by Crippen LogP contribution is 2.29. The molecule has 1 amide bonds. The van der Waals surface area contributed by atoms with Crippen molar-refractivity contribution in [2.24, 2.45) is 0 Å². The molecule has 1 heterocycles. The lowest BCUT2D eigenvalue weighted by atomic mass is 10.1. The molecule has 1 aliphatic heterocycles. The summed E-state index contributed by atoms with van der Waals surface area (Å²) in [6, 6.07) is 3.08. The van der Waals surface area contributed by atoms with Gasteiger partial charge in [-0.1, -0.05) is 0 Å². The van der Waals surface area contributed by atoms with E-state index in [1.54, 1.807) is 31.9 Å². The van der Waals surface area contributed by atoms with Crippen LogP contribution in [-0.4, -0.2) is 38.9 Å². The zero-order valence-electron chi connectivity index (χ0n) is 11.5. The van der Waals surface area contributed by atoms with E-state index in [-0.39, 0.29) is 10.8 Å². The van der Waals surface area contributed by atoms with Crippen LogP contribution in [0.25, 0.3) is 0 Å². The zero-order chi connectivity index (χ0) is 15.1. The molecule has 110 valence electrons. The number of ether oxygens (including phenoxy) is 1. The molecule has 2 rings (SSSR count). The third-order valence-electron chi connectivity index (χ3n) is 3.38. The first-order valence-electron chi connectivity index (χ1n) is 6.17. The molecule has 7 heteroatoms. The third-order valence-corrected chi connectivity index (χ3v) is 4.85. The second-order valence-electron chi connectivity index (χ2n) is 4.98. The summed E-state index contributed by atoms with van der Waals surface area (Å²) in [6.45, 7) is 4.03. The summed E-state index contributed by atoms with van der Waals surface area (Å²) in [5.74, 6) is 0.455. The smallest absolute Gasteiger partial charge is 0.263 e. The minimum absolute atomic E-state index is 0.0592. The van der Waals surface area contributed by atoms with Gasteiger partial charge >= 0.3 is 0 Å². The monoisotopic (exact) mass is 317 g/mol. The maximum Gasteiger partial charge on any atom is 0.263 e. The average molecular weight is 318 g/mol. The van der Waals surface area contributed by atoms with E-state index in [4.69, 9.17) is 15.4 Å². The van der Waals surface area contributed by atoms with Crippen LogP contribution in [0.5, 0.6) is 5.75 Å². The number of likely N-dealkylation sites (tertiary alicyclic amines) is 1. The van der Waals surface area contributed by atoms with E-state index in [9.17, 15) is 13.2 Å². The van der Waals surface area contributed by atoms with Crippen molar-refractivity contribution in [1.82, 2.24) is 4.90 Å². The van der Waals surface area contributed by atoms with E-state index in [1.165, 1.54) is 6.07 Å². The van der Waals surface area contributed by atoms with Gasteiger partial charge in [0.25, 0.3) is 15.0 Å². The summed E-state index contributed by atoms with van der Waals surface area (Å²) in [5.41, 5.74) is 1.14. The molecule has 1 aromatic carbocycles. The van der Waals surface area contributed by atoms with Gasteiger partial charge in [-0.3, -0.25) is 4.79 Å². The highest BCUT2D eigenvalue weighted by Gasteiger charge is 2.31. The van der Waals surface area contributed by atoms with Gasteiger partial charge in [-0.25, -0.2) is 8.42 Å². The molecule has 0 aromatic heterocycles. The number of nitrogens with zero attached hydrogens (tertiary/aromatic N) is 1.